The van der Waals surface area contributed by atoms with E-state index in [4.69, 9.17) is 0 Å². The summed E-state index contributed by atoms with van der Waals surface area (Å²) < 4.78 is 0. The minimum absolute atomic E-state index is 0.0166. The average molecular weight is 453 g/mol. The maximum Gasteiger partial charge on any atom is 0.319 e. The summed E-state index contributed by atoms with van der Waals surface area (Å²) in [4.78, 5) is 29.9. The number of benzene rings is 2. The Labute approximate surface area is 199 Å². The Morgan fingerprint density at radius 2 is 1.58 bits per heavy atom. The van der Waals surface area contributed by atoms with Crippen LogP contribution in [0, 0.1) is 5.92 Å². The molecule has 3 amide bonds. The average Bonchev–Trinajstić information content (AvgIpc) is 2.77. The zero-order valence-corrected chi connectivity index (χ0v) is 21.2. The van der Waals surface area contributed by atoms with Gasteiger partial charge >= 0.3 is 6.03 Å². The lowest BCUT2D eigenvalue weighted by molar-refractivity contribution is -0.138. The molecule has 0 aromatic heterocycles. The predicted octanol–water partition coefficient (Wildman–Crippen LogP) is 5.81. The fraction of sp³-hybridized carbons (Fsp3) is 0.481. The number of rotatable bonds is 10. The lowest BCUT2D eigenvalue weighted by atomic mass is 9.98. The van der Waals surface area contributed by atoms with E-state index in [0.29, 0.717) is 12.2 Å². The van der Waals surface area contributed by atoms with E-state index in [1.165, 1.54) is 0 Å². The minimum atomic E-state index is -0.240. The molecule has 0 bridgehead atoms. The van der Waals surface area contributed by atoms with Crippen molar-refractivity contribution in [1.29, 1.82) is 0 Å². The molecule has 0 unspecified atom stereocenters. The molecule has 0 aliphatic carbocycles. The molecule has 0 aliphatic rings. The molecule has 1 atom stereocenters. The monoisotopic (exact) mass is 452 g/mol. The van der Waals surface area contributed by atoms with Gasteiger partial charge in [-0.2, -0.15) is 0 Å². The van der Waals surface area contributed by atoms with E-state index in [-0.39, 0.29) is 29.9 Å². The zero-order valence-electron chi connectivity index (χ0n) is 21.2. The number of urea groups is 1. The molecule has 0 aliphatic heterocycles. The third-order valence-corrected chi connectivity index (χ3v) is 5.95. The van der Waals surface area contributed by atoms with Gasteiger partial charge in [-0.3, -0.25) is 4.79 Å². The van der Waals surface area contributed by atoms with Crippen molar-refractivity contribution in [2.75, 3.05) is 24.3 Å². The Bertz CT molecular complexity index is 908. The third-order valence-electron chi connectivity index (χ3n) is 5.95. The number of anilines is 2. The van der Waals surface area contributed by atoms with E-state index in [9.17, 15) is 9.59 Å². The molecule has 0 saturated carbocycles. The molecule has 6 heteroatoms. The van der Waals surface area contributed by atoms with Crippen molar-refractivity contribution >= 4 is 23.3 Å². The SMILES string of the molecule is CCC(CC)C(=O)N(Cc1cc(NC(=O)NC(C)C)ccc1N(C)C)[C@H](C)c1ccccc1. The number of nitrogens with zero attached hydrogens (tertiary/aromatic N) is 2. The molecular formula is C27H40N4O2. The number of amides is 3. The van der Waals surface area contributed by atoms with Crippen molar-refractivity contribution in [2.45, 2.75) is 66.1 Å². The molecule has 2 aromatic rings. The molecule has 2 rings (SSSR count). The fourth-order valence-electron chi connectivity index (χ4n) is 4.03. The van der Waals surface area contributed by atoms with Crippen LogP contribution in [0.5, 0.6) is 0 Å². The predicted molar refractivity (Wildman–Crippen MR) is 138 cm³/mol. The van der Waals surface area contributed by atoms with Crippen LogP contribution in [0.3, 0.4) is 0 Å². The van der Waals surface area contributed by atoms with Crippen LogP contribution in [0.1, 0.15) is 64.6 Å². The Kier molecular flexibility index (Phi) is 9.76. The minimum Gasteiger partial charge on any atom is -0.377 e. The molecular weight excluding hydrogens is 412 g/mol. The number of hydrogen-bond acceptors (Lipinski definition) is 3. The van der Waals surface area contributed by atoms with Crippen LogP contribution < -0.4 is 15.5 Å². The van der Waals surface area contributed by atoms with Crippen LogP contribution in [0.15, 0.2) is 48.5 Å². The summed E-state index contributed by atoms with van der Waals surface area (Å²) in [6.45, 7) is 10.5. The van der Waals surface area contributed by atoms with Crippen LogP contribution >= 0.6 is 0 Å². The van der Waals surface area contributed by atoms with Crippen LogP contribution in [-0.2, 0) is 11.3 Å². The number of carbonyl (C=O) groups excluding carboxylic acids is 2. The Morgan fingerprint density at radius 1 is 0.939 bits per heavy atom. The lowest BCUT2D eigenvalue weighted by Gasteiger charge is -2.34. The van der Waals surface area contributed by atoms with Gasteiger partial charge in [-0.15, -0.1) is 0 Å². The maximum atomic E-state index is 13.6. The van der Waals surface area contributed by atoms with E-state index in [2.05, 4.69) is 43.5 Å². The second-order valence-electron chi connectivity index (χ2n) is 9.06. The first-order valence-electron chi connectivity index (χ1n) is 11.9. The van der Waals surface area contributed by atoms with Gasteiger partial charge < -0.3 is 20.4 Å². The van der Waals surface area contributed by atoms with Crippen LogP contribution in [0.25, 0.3) is 0 Å². The van der Waals surface area contributed by atoms with Gasteiger partial charge in [0.05, 0.1) is 6.04 Å². The third kappa shape index (κ3) is 7.24. The zero-order chi connectivity index (χ0) is 24.5. The highest BCUT2D eigenvalue weighted by Crippen LogP contribution is 2.30. The Hall–Kier alpha value is -3.02. The normalized spacial score (nSPS) is 11.9. The second-order valence-corrected chi connectivity index (χ2v) is 9.06. The summed E-state index contributed by atoms with van der Waals surface area (Å²) in [5.41, 5.74) is 3.82. The Balaban J connectivity index is 2.44. The van der Waals surface area contributed by atoms with Gasteiger partial charge in [-0.05, 0) is 62.9 Å². The maximum absolute atomic E-state index is 13.6. The largest absolute Gasteiger partial charge is 0.377 e. The number of carbonyl (C=O) groups is 2. The molecule has 0 saturated heterocycles. The summed E-state index contributed by atoms with van der Waals surface area (Å²) in [7, 11) is 3.98. The molecule has 2 N–H and O–H groups in total. The van der Waals surface area contributed by atoms with Crippen molar-refractivity contribution in [3.05, 3.63) is 59.7 Å². The molecule has 33 heavy (non-hydrogen) atoms. The van der Waals surface area contributed by atoms with E-state index >= 15 is 0 Å². The smallest absolute Gasteiger partial charge is 0.319 e. The summed E-state index contributed by atoms with van der Waals surface area (Å²) in [5, 5.41) is 5.77. The van der Waals surface area contributed by atoms with Crippen molar-refractivity contribution in [3.63, 3.8) is 0 Å². The number of hydrogen-bond donors (Lipinski definition) is 2. The van der Waals surface area contributed by atoms with Gasteiger partial charge in [0.25, 0.3) is 0 Å². The summed E-state index contributed by atoms with van der Waals surface area (Å²) in [5.74, 6) is 0.147. The van der Waals surface area contributed by atoms with E-state index < -0.39 is 0 Å². The van der Waals surface area contributed by atoms with Gasteiger partial charge in [0.15, 0.2) is 0 Å². The molecule has 0 radical (unpaired) electrons. The summed E-state index contributed by atoms with van der Waals surface area (Å²) >= 11 is 0. The van der Waals surface area contributed by atoms with Crippen LogP contribution in [-0.4, -0.2) is 37.0 Å². The quantitative estimate of drug-likeness (QED) is 0.478. The molecule has 180 valence electrons. The molecule has 0 fully saturated rings. The molecule has 0 heterocycles. The van der Waals surface area contributed by atoms with Crippen LogP contribution in [0.2, 0.25) is 0 Å². The fourth-order valence-corrected chi connectivity index (χ4v) is 4.03. The van der Waals surface area contributed by atoms with Gasteiger partial charge in [0, 0.05) is 44.0 Å². The van der Waals surface area contributed by atoms with Gasteiger partial charge in [0.1, 0.15) is 0 Å². The van der Waals surface area contributed by atoms with E-state index in [1.807, 2.05) is 74.1 Å². The van der Waals surface area contributed by atoms with Crippen LogP contribution in [0.4, 0.5) is 16.2 Å². The van der Waals surface area contributed by atoms with Crippen molar-refractivity contribution < 1.29 is 9.59 Å². The highest BCUT2D eigenvalue weighted by atomic mass is 16.2. The first-order chi connectivity index (χ1) is 15.7. The topological polar surface area (TPSA) is 64.7 Å². The van der Waals surface area contributed by atoms with Crippen molar-refractivity contribution in [1.82, 2.24) is 10.2 Å². The van der Waals surface area contributed by atoms with Crippen molar-refractivity contribution in [3.8, 4) is 0 Å². The Morgan fingerprint density at radius 3 is 2.12 bits per heavy atom. The highest BCUT2D eigenvalue weighted by molar-refractivity contribution is 5.90. The van der Waals surface area contributed by atoms with Crippen molar-refractivity contribution in [2.24, 2.45) is 5.92 Å². The van der Waals surface area contributed by atoms with Gasteiger partial charge in [-0.1, -0.05) is 44.2 Å². The summed E-state index contributed by atoms with van der Waals surface area (Å²) in [6.07, 6.45) is 1.62. The van der Waals surface area contributed by atoms with Gasteiger partial charge in [-0.25, -0.2) is 4.79 Å². The first-order valence-corrected chi connectivity index (χ1v) is 11.9. The van der Waals surface area contributed by atoms with E-state index in [0.717, 1.165) is 29.7 Å². The standard InChI is InChI=1S/C27H40N4O2/c1-8-21(9-2)26(32)31(20(5)22-13-11-10-12-14-22)18-23-17-24(15-16-25(23)30(6)7)29-27(33)28-19(3)4/h10-17,19-21H,8-9,18H2,1-7H3,(H2,28,29,33)/t20-/m1/s1. The molecule has 0 spiro atoms. The summed E-state index contributed by atoms with van der Waals surface area (Å²) in [6, 6.07) is 15.7. The molecule has 6 nitrogen and oxygen atoms in total. The second kappa shape index (κ2) is 12.3. The van der Waals surface area contributed by atoms with E-state index in [1.54, 1.807) is 0 Å². The molecule has 2 aromatic carbocycles. The highest BCUT2D eigenvalue weighted by Gasteiger charge is 2.27. The lowest BCUT2D eigenvalue weighted by Crippen LogP contribution is -2.38. The first kappa shape index (κ1) is 26.2. The number of nitrogens with one attached hydrogen (secondary N) is 2. The van der Waals surface area contributed by atoms with Gasteiger partial charge in [0.2, 0.25) is 5.91 Å².